The molecule has 0 spiro atoms. The minimum atomic E-state index is 0.531. The van der Waals surface area contributed by atoms with Crippen LogP contribution in [0.3, 0.4) is 0 Å². The average molecular weight is 251 g/mol. The van der Waals surface area contributed by atoms with Crippen LogP contribution >= 0.6 is 0 Å². The number of hydrogen-bond donors (Lipinski definition) is 1. The van der Waals surface area contributed by atoms with Crippen LogP contribution in [0.2, 0.25) is 0 Å². The van der Waals surface area contributed by atoms with Crippen molar-refractivity contribution < 1.29 is 0 Å². The summed E-state index contributed by atoms with van der Waals surface area (Å²) in [5, 5.41) is 7.85. The Morgan fingerprint density at radius 2 is 2.39 bits per heavy atom. The predicted molar refractivity (Wildman–Crippen MR) is 72.1 cm³/mol. The Balaban J connectivity index is 1.78. The van der Waals surface area contributed by atoms with Gasteiger partial charge in [-0.1, -0.05) is 6.92 Å². The first-order valence-electron chi connectivity index (χ1n) is 6.99. The Morgan fingerprint density at radius 3 is 3.06 bits per heavy atom. The zero-order valence-corrected chi connectivity index (χ0v) is 11.8. The lowest BCUT2D eigenvalue weighted by atomic mass is 9.91. The second-order valence-electron chi connectivity index (χ2n) is 5.30. The highest BCUT2D eigenvalue weighted by molar-refractivity contribution is 4.84. The Bertz CT molecular complexity index is 362. The molecule has 0 saturated carbocycles. The van der Waals surface area contributed by atoms with Crippen molar-refractivity contribution in [2.24, 2.45) is 13.0 Å². The Hall–Kier alpha value is -0.940. The Labute approximate surface area is 110 Å². The average Bonchev–Trinajstić information content (AvgIpc) is 2.82. The minimum Gasteiger partial charge on any atom is -0.307 e. The summed E-state index contributed by atoms with van der Waals surface area (Å²) in [5.41, 5.74) is 0. The molecule has 18 heavy (non-hydrogen) atoms. The third-order valence-electron chi connectivity index (χ3n) is 3.93. The van der Waals surface area contributed by atoms with Crippen LogP contribution < -0.4 is 5.32 Å². The van der Waals surface area contributed by atoms with Crippen LogP contribution in [-0.4, -0.2) is 45.3 Å². The largest absolute Gasteiger partial charge is 0.307 e. The highest BCUT2D eigenvalue weighted by Gasteiger charge is 2.23. The molecule has 0 amide bonds. The molecule has 1 aliphatic rings. The van der Waals surface area contributed by atoms with E-state index < -0.39 is 0 Å². The highest BCUT2D eigenvalue weighted by atomic mass is 15.3. The smallest absolute Gasteiger partial charge is 0.164 e. The van der Waals surface area contributed by atoms with Crippen molar-refractivity contribution in [3.63, 3.8) is 0 Å². The molecule has 5 heteroatoms. The molecule has 2 heterocycles. The van der Waals surface area contributed by atoms with Gasteiger partial charge in [-0.25, -0.2) is 4.98 Å². The fourth-order valence-electron chi connectivity index (χ4n) is 2.67. The normalized spacial score (nSPS) is 23.2. The van der Waals surface area contributed by atoms with Gasteiger partial charge < -0.3 is 10.2 Å². The quantitative estimate of drug-likeness (QED) is 0.849. The maximum atomic E-state index is 4.29. The van der Waals surface area contributed by atoms with E-state index in [2.05, 4.69) is 34.1 Å². The molecule has 1 saturated heterocycles. The lowest BCUT2D eigenvalue weighted by molar-refractivity contribution is 0.156. The molecule has 1 aliphatic heterocycles. The van der Waals surface area contributed by atoms with Gasteiger partial charge in [-0.3, -0.25) is 4.68 Å². The SMILES string of the molecule is CCN1CCCC(C(C)NCc2ncn(C)n2)C1. The van der Waals surface area contributed by atoms with Crippen molar-refractivity contribution in [1.29, 1.82) is 0 Å². The summed E-state index contributed by atoms with van der Waals surface area (Å²) in [5.74, 6) is 1.63. The van der Waals surface area contributed by atoms with Crippen molar-refractivity contribution in [1.82, 2.24) is 25.0 Å². The second-order valence-corrected chi connectivity index (χ2v) is 5.30. The maximum absolute atomic E-state index is 4.29. The van der Waals surface area contributed by atoms with E-state index >= 15 is 0 Å². The van der Waals surface area contributed by atoms with Gasteiger partial charge in [-0.2, -0.15) is 5.10 Å². The fraction of sp³-hybridized carbons (Fsp3) is 0.846. The Kier molecular flexibility index (Phi) is 4.72. The predicted octanol–water partition coefficient (Wildman–Crippen LogP) is 1.03. The summed E-state index contributed by atoms with van der Waals surface area (Å²) in [7, 11) is 1.90. The van der Waals surface area contributed by atoms with Crippen molar-refractivity contribution >= 4 is 0 Å². The molecule has 2 rings (SSSR count). The van der Waals surface area contributed by atoms with Crippen LogP contribution in [0, 0.1) is 5.92 Å². The summed E-state index contributed by atoms with van der Waals surface area (Å²) in [6, 6.07) is 0.531. The van der Waals surface area contributed by atoms with Crippen LogP contribution in [-0.2, 0) is 13.6 Å². The van der Waals surface area contributed by atoms with Crippen molar-refractivity contribution in [3.8, 4) is 0 Å². The molecule has 1 aromatic rings. The van der Waals surface area contributed by atoms with Gasteiger partial charge in [0.25, 0.3) is 0 Å². The summed E-state index contributed by atoms with van der Waals surface area (Å²) in [4.78, 5) is 6.79. The molecule has 0 radical (unpaired) electrons. The van der Waals surface area contributed by atoms with Gasteiger partial charge in [0.1, 0.15) is 6.33 Å². The van der Waals surface area contributed by atoms with Gasteiger partial charge in [-0.15, -0.1) is 0 Å². The van der Waals surface area contributed by atoms with Crippen molar-refractivity contribution in [2.45, 2.75) is 39.3 Å². The maximum Gasteiger partial charge on any atom is 0.164 e. The first-order valence-corrected chi connectivity index (χ1v) is 6.99. The van der Waals surface area contributed by atoms with E-state index in [9.17, 15) is 0 Å². The van der Waals surface area contributed by atoms with Gasteiger partial charge in [0.2, 0.25) is 0 Å². The van der Waals surface area contributed by atoms with E-state index in [-0.39, 0.29) is 0 Å². The molecular weight excluding hydrogens is 226 g/mol. The van der Waals surface area contributed by atoms with Crippen LogP contribution in [0.4, 0.5) is 0 Å². The molecular formula is C13H25N5. The molecule has 0 aliphatic carbocycles. The molecule has 2 atom stereocenters. The molecule has 5 nitrogen and oxygen atoms in total. The number of piperidine rings is 1. The van der Waals surface area contributed by atoms with E-state index in [1.165, 1.54) is 32.5 Å². The zero-order valence-electron chi connectivity index (χ0n) is 11.8. The number of nitrogens with zero attached hydrogens (tertiary/aromatic N) is 4. The second kappa shape index (κ2) is 6.29. The van der Waals surface area contributed by atoms with E-state index in [1.807, 2.05) is 7.05 Å². The molecule has 1 fully saturated rings. The molecule has 1 aromatic heterocycles. The topological polar surface area (TPSA) is 46.0 Å². The number of rotatable bonds is 5. The number of aryl methyl sites for hydroxylation is 1. The van der Waals surface area contributed by atoms with Crippen LogP contribution in [0.1, 0.15) is 32.5 Å². The minimum absolute atomic E-state index is 0.531. The summed E-state index contributed by atoms with van der Waals surface area (Å²) < 4.78 is 1.75. The summed E-state index contributed by atoms with van der Waals surface area (Å²) >= 11 is 0. The van der Waals surface area contributed by atoms with Gasteiger partial charge >= 0.3 is 0 Å². The third kappa shape index (κ3) is 3.53. The van der Waals surface area contributed by atoms with E-state index in [4.69, 9.17) is 0 Å². The number of nitrogens with one attached hydrogen (secondary N) is 1. The van der Waals surface area contributed by atoms with Gasteiger partial charge in [0.05, 0.1) is 6.54 Å². The van der Waals surface area contributed by atoms with Crippen LogP contribution in [0.25, 0.3) is 0 Å². The van der Waals surface area contributed by atoms with Crippen molar-refractivity contribution in [2.75, 3.05) is 19.6 Å². The summed E-state index contributed by atoms with van der Waals surface area (Å²) in [6.07, 6.45) is 4.41. The van der Waals surface area contributed by atoms with Crippen LogP contribution in [0.5, 0.6) is 0 Å². The standard InChI is InChI=1S/C13H25N5/c1-4-18-7-5-6-12(9-18)11(2)14-8-13-15-10-17(3)16-13/h10-12,14H,4-9H2,1-3H3. The van der Waals surface area contributed by atoms with E-state index in [0.29, 0.717) is 6.04 Å². The van der Waals surface area contributed by atoms with E-state index in [0.717, 1.165) is 18.3 Å². The zero-order chi connectivity index (χ0) is 13.0. The monoisotopic (exact) mass is 251 g/mol. The number of aromatic nitrogens is 3. The summed E-state index contributed by atoms with van der Waals surface area (Å²) in [6.45, 7) is 8.96. The lowest BCUT2D eigenvalue weighted by Gasteiger charge is -2.35. The lowest BCUT2D eigenvalue weighted by Crippen LogP contribution is -2.44. The Morgan fingerprint density at radius 1 is 1.56 bits per heavy atom. The first kappa shape index (κ1) is 13.5. The fourth-order valence-corrected chi connectivity index (χ4v) is 2.67. The van der Waals surface area contributed by atoms with E-state index in [1.54, 1.807) is 11.0 Å². The van der Waals surface area contributed by atoms with Crippen LogP contribution in [0.15, 0.2) is 6.33 Å². The number of likely N-dealkylation sites (tertiary alicyclic amines) is 1. The van der Waals surface area contributed by atoms with Gasteiger partial charge in [-0.05, 0) is 38.8 Å². The first-order chi connectivity index (χ1) is 8.69. The molecule has 102 valence electrons. The number of hydrogen-bond acceptors (Lipinski definition) is 4. The molecule has 0 bridgehead atoms. The van der Waals surface area contributed by atoms with Crippen molar-refractivity contribution in [3.05, 3.63) is 12.2 Å². The van der Waals surface area contributed by atoms with Gasteiger partial charge in [0.15, 0.2) is 5.82 Å². The molecule has 0 aromatic carbocycles. The highest BCUT2D eigenvalue weighted by Crippen LogP contribution is 2.19. The molecule has 2 unspecified atom stereocenters. The van der Waals surface area contributed by atoms with Gasteiger partial charge in [0, 0.05) is 19.6 Å². The molecule has 1 N–H and O–H groups in total. The third-order valence-corrected chi connectivity index (χ3v) is 3.93.